The Balaban J connectivity index is 2.33. The maximum Gasteiger partial charge on any atom is 0.335 e. The fourth-order valence-corrected chi connectivity index (χ4v) is 4.45. The van der Waals surface area contributed by atoms with Gasteiger partial charge in [0.1, 0.15) is 5.01 Å². The minimum Gasteiger partial charge on any atom is -0.478 e. The van der Waals surface area contributed by atoms with Gasteiger partial charge in [-0.3, -0.25) is 0 Å². The molecule has 0 radical (unpaired) electrons. The van der Waals surface area contributed by atoms with Crippen LogP contribution in [0.1, 0.15) is 47.4 Å². The van der Waals surface area contributed by atoms with Crippen molar-refractivity contribution in [3.63, 3.8) is 0 Å². The first-order valence-corrected chi connectivity index (χ1v) is 9.83. The van der Waals surface area contributed by atoms with Gasteiger partial charge in [0.15, 0.2) is 0 Å². The number of hydrogen-bond donors (Lipinski definition) is 2. The van der Waals surface area contributed by atoms with E-state index in [9.17, 15) is 13.2 Å². The van der Waals surface area contributed by atoms with Gasteiger partial charge in [-0.15, -0.1) is 11.3 Å². The number of carboxylic acids is 1. The molecule has 1 unspecified atom stereocenters. The molecule has 2 rings (SSSR count). The molecule has 6 nitrogen and oxygen atoms in total. The summed E-state index contributed by atoms with van der Waals surface area (Å²) in [6.07, 6.45) is 0.602. The SMILES string of the molecule is Cc1csc(C(CC(C)C)NS(=O)(=O)c2cccc(C(=O)O)c2)n1. The molecule has 2 N–H and O–H groups in total. The molecule has 1 heterocycles. The number of aromatic carboxylic acids is 1. The molecule has 0 aliphatic heterocycles. The van der Waals surface area contributed by atoms with Gasteiger partial charge in [0, 0.05) is 11.1 Å². The highest BCUT2D eigenvalue weighted by Crippen LogP contribution is 2.26. The number of rotatable bonds is 7. The molecule has 1 aromatic carbocycles. The molecular weight excluding hydrogens is 348 g/mol. The molecule has 24 heavy (non-hydrogen) atoms. The van der Waals surface area contributed by atoms with Gasteiger partial charge < -0.3 is 5.11 Å². The van der Waals surface area contributed by atoms with Crippen LogP contribution in [0.15, 0.2) is 34.5 Å². The van der Waals surface area contributed by atoms with Gasteiger partial charge in [-0.05, 0) is 37.5 Å². The van der Waals surface area contributed by atoms with E-state index in [0.29, 0.717) is 11.4 Å². The predicted molar refractivity (Wildman–Crippen MR) is 92.8 cm³/mol. The summed E-state index contributed by atoms with van der Waals surface area (Å²) in [6, 6.07) is 4.88. The summed E-state index contributed by atoms with van der Waals surface area (Å²) >= 11 is 1.41. The Bertz CT molecular complexity index is 828. The molecule has 0 aliphatic carbocycles. The zero-order valence-electron chi connectivity index (χ0n) is 13.7. The lowest BCUT2D eigenvalue weighted by Gasteiger charge is -2.18. The second-order valence-electron chi connectivity index (χ2n) is 5.96. The number of aryl methyl sites for hydroxylation is 1. The monoisotopic (exact) mass is 368 g/mol. The highest BCUT2D eigenvalue weighted by molar-refractivity contribution is 7.89. The molecule has 0 fully saturated rings. The Morgan fingerprint density at radius 3 is 2.62 bits per heavy atom. The Hall–Kier alpha value is -1.77. The van der Waals surface area contributed by atoms with Crippen LogP contribution in [0.3, 0.4) is 0 Å². The van der Waals surface area contributed by atoms with Gasteiger partial charge in [-0.2, -0.15) is 0 Å². The summed E-state index contributed by atoms with van der Waals surface area (Å²) in [6.45, 7) is 5.87. The number of carbonyl (C=O) groups is 1. The molecule has 8 heteroatoms. The molecule has 0 amide bonds. The fourth-order valence-electron chi connectivity index (χ4n) is 2.25. The van der Waals surface area contributed by atoms with Crippen molar-refractivity contribution in [3.8, 4) is 0 Å². The lowest BCUT2D eigenvalue weighted by atomic mass is 10.1. The molecular formula is C16H20N2O4S2. The predicted octanol–water partition coefficient (Wildman–Crippen LogP) is 3.22. The van der Waals surface area contributed by atoms with Crippen LogP contribution in [-0.4, -0.2) is 24.5 Å². The number of benzene rings is 1. The quantitative estimate of drug-likeness (QED) is 0.782. The summed E-state index contributed by atoms with van der Waals surface area (Å²) in [5.41, 5.74) is 0.777. The van der Waals surface area contributed by atoms with Crippen molar-refractivity contribution in [2.45, 2.75) is 38.1 Å². The first-order valence-electron chi connectivity index (χ1n) is 7.46. The van der Waals surface area contributed by atoms with E-state index in [2.05, 4.69) is 9.71 Å². The normalized spacial score (nSPS) is 13.2. The number of thiazole rings is 1. The maximum absolute atomic E-state index is 12.7. The minimum atomic E-state index is -3.85. The van der Waals surface area contributed by atoms with Crippen molar-refractivity contribution in [1.29, 1.82) is 0 Å². The van der Waals surface area contributed by atoms with Crippen molar-refractivity contribution < 1.29 is 18.3 Å². The summed E-state index contributed by atoms with van der Waals surface area (Å²) < 4.78 is 28.0. The fraction of sp³-hybridized carbons (Fsp3) is 0.375. The Labute approximate surface area is 145 Å². The Morgan fingerprint density at radius 2 is 2.08 bits per heavy atom. The molecule has 0 saturated carbocycles. The third-order valence-corrected chi connectivity index (χ3v) is 5.88. The number of sulfonamides is 1. The smallest absolute Gasteiger partial charge is 0.335 e. The van der Waals surface area contributed by atoms with Crippen LogP contribution in [0, 0.1) is 12.8 Å². The van der Waals surface area contributed by atoms with Gasteiger partial charge in [0.05, 0.1) is 16.5 Å². The molecule has 0 saturated heterocycles. The highest BCUT2D eigenvalue weighted by Gasteiger charge is 2.25. The van der Waals surface area contributed by atoms with E-state index in [1.807, 2.05) is 26.2 Å². The van der Waals surface area contributed by atoms with Crippen LogP contribution in [0.25, 0.3) is 0 Å². The molecule has 0 aliphatic rings. The molecule has 130 valence electrons. The van der Waals surface area contributed by atoms with E-state index in [1.54, 1.807) is 0 Å². The van der Waals surface area contributed by atoms with Gasteiger partial charge in [-0.25, -0.2) is 22.9 Å². The third kappa shape index (κ3) is 4.62. The van der Waals surface area contributed by atoms with Crippen LogP contribution >= 0.6 is 11.3 Å². The maximum atomic E-state index is 12.7. The number of nitrogens with zero attached hydrogens (tertiary/aromatic N) is 1. The number of hydrogen-bond acceptors (Lipinski definition) is 5. The summed E-state index contributed by atoms with van der Waals surface area (Å²) in [5.74, 6) is -0.895. The van der Waals surface area contributed by atoms with Crippen molar-refractivity contribution in [2.24, 2.45) is 5.92 Å². The van der Waals surface area contributed by atoms with Crippen molar-refractivity contribution >= 4 is 27.3 Å². The summed E-state index contributed by atoms with van der Waals surface area (Å²) in [4.78, 5) is 15.4. The topological polar surface area (TPSA) is 96.4 Å². The zero-order chi connectivity index (χ0) is 17.9. The largest absolute Gasteiger partial charge is 0.478 e. The first kappa shape index (κ1) is 18.6. The lowest BCUT2D eigenvalue weighted by Crippen LogP contribution is -2.29. The van der Waals surface area contributed by atoms with Crippen LogP contribution in [0.2, 0.25) is 0 Å². The molecule has 2 aromatic rings. The molecule has 0 bridgehead atoms. The molecule has 0 spiro atoms. The van der Waals surface area contributed by atoms with E-state index >= 15 is 0 Å². The first-order chi connectivity index (χ1) is 11.2. The van der Waals surface area contributed by atoms with E-state index in [1.165, 1.54) is 29.5 Å². The average molecular weight is 368 g/mol. The van der Waals surface area contributed by atoms with E-state index in [0.717, 1.165) is 11.8 Å². The summed E-state index contributed by atoms with van der Waals surface area (Å²) in [7, 11) is -3.85. The van der Waals surface area contributed by atoms with Gasteiger partial charge in [0.25, 0.3) is 0 Å². The second-order valence-corrected chi connectivity index (χ2v) is 8.57. The Morgan fingerprint density at radius 1 is 1.38 bits per heavy atom. The van der Waals surface area contributed by atoms with Gasteiger partial charge >= 0.3 is 5.97 Å². The van der Waals surface area contributed by atoms with Gasteiger partial charge in [0.2, 0.25) is 10.0 Å². The average Bonchev–Trinajstić information content (AvgIpc) is 2.92. The van der Waals surface area contributed by atoms with Crippen LogP contribution in [-0.2, 0) is 10.0 Å². The van der Waals surface area contributed by atoms with E-state index in [-0.39, 0.29) is 16.4 Å². The third-order valence-electron chi connectivity index (χ3n) is 3.33. The lowest BCUT2D eigenvalue weighted by molar-refractivity contribution is 0.0696. The van der Waals surface area contributed by atoms with Crippen LogP contribution in [0.4, 0.5) is 0 Å². The van der Waals surface area contributed by atoms with Crippen molar-refractivity contribution in [1.82, 2.24) is 9.71 Å². The van der Waals surface area contributed by atoms with Gasteiger partial charge in [-0.1, -0.05) is 19.9 Å². The minimum absolute atomic E-state index is 0.0653. The van der Waals surface area contributed by atoms with Crippen LogP contribution in [0.5, 0.6) is 0 Å². The highest BCUT2D eigenvalue weighted by atomic mass is 32.2. The zero-order valence-corrected chi connectivity index (χ0v) is 15.3. The number of aromatic nitrogens is 1. The van der Waals surface area contributed by atoms with Crippen LogP contribution < -0.4 is 4.72 Å². The number of nitrogens with one attached hydrogen (secondary N) is 1. The van der Waals surface area contributed by atoms with E-state index in [4.69, 9.17) is 5.11 Å². The standard InChI is InChI=1S/C16H20N2O4S2/c1-10(2)7-14(15-17-11(3)9-23-15)18-24(21,22)13-6-4-5-12(8-13)16(19)20/h4-6,8-10,14,18H,7H2,1-3H3,(H,19,20). The van der Waals surface area contributed by atoms with Crippen molar-refractivity contribution in [3.05, 3.63) is 45.9 Å². The Kier molecular flexibility index (Phi) is 5.74. The van der Waals surface area contributed by atoms with Crippen molar-refractivity contribution in [2.75, 3.05) is 0 Å². The summed E-state index contributed by atoms with van der Waals surface area (Å²) in [5, 5.41) is 11.6. The second kappa shape index (κ2) is 7.42. The molecule has 1 atom stereocenters. The van der Waals surface area contributed by atoms with E-state index < -0.39 is 22.0 Å². The number of carboxylic acid groups (broad SMARTS) is 1. The molecule has 1 aromatic heterocycles.